The first kappa shape index (κ1) is 15.8. The van der Waals surface area contributed by atoms with Crippen molar-refractivity contribution in [3.8, 4) is 11.5 Å². The fourth-order valence-corrected chi connectivity index (χ4v) is 3.04. The highest BCUT2D eigenvalue weighted by Gasteiger charge is 2.22. The largest absolute Gasteiger partial charge is 0.497 e. The summed E-state index contributed by atoms with van der Waals surface area (Å²) in [6, 6.07) is 7.48. The zero-order valence-corrected chi connectivity index (χ0v) is 13.7. The second-order valence-corrected chi connectivity index (χ2v) is 6.92. The van der Waals surface area contributed by atoms with Crippen molar-refractivity contribution in [3.63, 3.8) is 0 Å². The van der Waals surface area contributed by atoms with Gasteiger partial charge in [-0.05, 0) is 12.1 Å². The predicted molar refractivity (Wildman–Crippen MR) is 84.1 cm³/mol. The normalized spacial score (nSPS) is 11.5. The van der Waals surface area contributed by atoms with Crippen molar-refractivity contribution in [2.75, 3.05) is 7.11 Å². The molecule has 1 aromatic carbocycles. The number of thiazole rings is 1. The minimum absolute atomic E-state index is 0.0173. The van der Waals surface area contributed by atoms with Crippen LogP contribution in [0.5, 0.6) is 11.5 Å². The van der Waals surface area contributed by atoms with Gasteiger partial charge in [0.1, 0.15) is 23.1 Å². The molecule has 0 radical (unpaired) electrons. The lowest BCUT2D eigenvalue weighted by Gasteiger charge is -2.16. The van der Waals surface area contributed by atoms with Crippen LogP contribution in [0.3, 0.4) is 0 Å². The van der Waals surface area contributed by atoms with Crippen LogP contribution in [0.25, 0.3) is 0 Å². The summed E-state index contributed by atoms with van der Waals surface area (Å²) < 4.78 is 10.9. The average Bonchev–Trinajstić information content (AvgIpc) is 2.89. The Balaban J connectivity index is 2.11. The first-order valence-electron chi connectivity index (χ1n) is 6.81. The second-order valence-electron chi connectivity index (χ2n) is 5.76. The van der Waals surface area contributed by atoms with Gasteiger partial charge in [0.05, 0.1) is 24.3 Å². The number of rotatable bonds is 5. The SMILES string of the molecule is COc1cccc(OCc2nc(C(C)(C)C)c(CO)s2)c1. The van der Waals surface area contributed by atoms with Gasteiger partial charge in [-0.1, -0.05) is 26.8 Å². The van der Waals surface area contributed by atoms with Gasteiger partial charge in [0.15, 0.2) is 0 Å². The number of methoxy groups -OCH3 is 1. The zero-order chi connectivity index (χ0) is 15.5. The Morgan fingerprint density at radius 1 is 1.24 bits per heavy atom. The Hall–Kier alpha value is -1.59. The van der Waals surface area contributed by atoms with E-state index in [0.29, 0.717) is 6.61 Å². The molecule has 4 nitrogen and oxygen atoms in total. The lowest BCUT2D eigenvalue weighted by Crippen LogP contribution is -2.14. The van der Waals surface area contributed by atoms with E-state index < -0.39 is 0 Å². The van der Waals surface area contributed by atoms with Crippen LogP contribution in [0, 0.1) is 0 Å². The van der Waals surface area contributed by atoms with Crippen molar-refractivity contribution in [2.45, 2.75) is 39.4 Å². The van der Waals surface area contributed by atoms with Crippen LogP contribution in [-0.2, 0) is 18.6 Å². The Labute approximate surface area is 129 Å². The number of hydrogen-bond acceptors (Lipinski definition) is 5. The maximum absolute atomic E-state index is 9.46. The summed E-state index contributed by atoms with van der Waals surface area (Å²) in [6.07, 6.45) is 0. The van der Waals surface area contributed by atoms with Gasteiger partial charge in [0.2, 0.25) is 0 Å². The van der Waals surface area contributed by atoms with Crippen LogP contribution in [0.1, 0.15) is 36.3 Å². The van der Waals surface area contributed by atoms with Crippen molar-refractivity contribution in [1.82, 2.24) is 4.98 Å². The summed E-state index contributed by atoms with van der Waals surface area (Å²) in [5.41, 5.74) is 0.863. The zero-order valence-electron chi connectivity index (χ0n) is 12.8. The Morgan fingerprint density at radius 2 is 1.95 bits per heavy atom. The van der Waals surface area contributed by atoms with Gasteiger partial charge in [0.25, 0.3) is 0 Å². The predicted octanol–water partition coefficient (Wildman–Crippen LogP) is 3.52. The highest BCUT2D eigenvalue weighted by atomic mass is 32.1. The summed E-state index contributed by atoms with van der Waals surface area (Å²) in [4.78, 5) is 5.52. The number of hydrogen-bond donors (Lipinski definition) is 1. The minimum Gasteiger partial charge on any atom is -0.497 e. The Kier molecular flexibility index (Phi) is 4.85. The number of aromatic nitrogens is 1. The smallest absolute Gasteiger partial charge is 0.140 e. The molecule has 0 amide bonds. The molecular formula is C16H21NO3S. The molecule has 0 atom stereocenters. The van der Waals surface area contributed by atoms with Gasteiger partial charge in [-0.3, -0.25) is 0 Å². The first-order valence-corrected chi connectivity index (χ1v) is 7.62. The van der Waals surface area contributed by atoms with Crippen LogP contribution < -0.4 is 9.47 Å². The molecule has 2 rings (SSSR count). The van der Waals surface area contributed by atoms with E-state index in [0.717, 1.165) is 27.1 Å². The van der Waals surface area contributed by atoms with Crippen molar-refractivity contribution < 1.29 is 14.6 Å². The standard InChI is InChI=1S/C16H21NO3S/c1-16(2,3)15-13(9-18)21-14(17-15)10-20-12-7-5-6-11(8-12)19-4/h5-8,18H,9-10H2,1-4H3. The van der Waals surface area contributed by atoms with Gasteiger partial charge in [-0.15, -0.1) is 11.3 Å². The fraction of sp³-hybridized carbons (Fsp3) is 0.438. The molecule has 0 fully saturated rings. The van der Waals surface area contributed by atoms with E-state index in [-0.39, 0.29) is 12.0 Å². The highest BCUT2D eigenvalue weighted by molar-refractivity contribution is 7.11. The monoisotopic (exact) mass is 307 g/mol. The van der Waals surface area contributed by atoms with E-state index in [1.165, 1.54) is 11.3 Å². The molecule has 114 valence electrons. The van der Waals surface area contributed by atoms with E-state index in [2.05, 4.69) is 25.8 Å². The third kappa shape index (κ3) is 3.95. The molecular weight excluding hydrogens is 286 g/mol. The molecule has 2 aromatic rings. The Bertz CT molecular complexity index is 602. The lowest BCUT2D eigenvalue weighted by molar-refractivity contribution is 0.282. The van der Waals surface area contributed by atoms with Crippen LogP contribution in [-0.4, -0.2) is 17.2 Å². The summed E-state index contributed by atoms with van der Waals surface area (Å²) in [5, 5.41) is 10.3. The minimum atomic E-state index is -0.0806. The van der Waals surface area contributed by atoms with Crippen LogP contribution >= 0.6 is 11.3 Å². The molecule has 0 aliphatic rings. The Morgan fingerprint density at radius 3 is 2.52 bits per heavy atom. The molecule has 0 saturated carbocycles. The van der Waals surface area contributed by atoms with E-state index >= 15 is 0 Å². The van der Waals surface area contributed by atoms with E-state index in [1.54, 1.807) is 7.11 Å². The molecule has 0 aliphatic heterocycles. The highest BCUT2D eigenvalue weighted by Crippen LogP contribution is 2.30. The molecule has 5 heteroatoms. The first-order chi connectivity index (χ1) is 9.94. The van der Waals surface area contributed by atoms with Gasteiger partial charge < -0.3 is 14.6 Å². The van der Waals surface area contributed by atoms with Crippen LogP contribution in [0.4, 0.5) is 0 Å². The summed E-state index contributed by atoms with van der Waals surface area (Å²) in [5.74, 6) is 1.51. The molecule has 0 saturated heterocycles. The summed E-state index contributed by atoms with van der Waals surface area (Å²) >= 11 is 1.50. The molecule has 1 N–H and O–H groups in total. The quantitative estimate of drug-likeness (QED) is 0.918. The molecule has 0 bridgehead atoms. The molecule has 0 unspecified atom stereocenters. The van der Waals surface area contributed by atoms with Crippen molar-refractivity contribution in [2.24, 2.45) is 0 Å². The topological polar surface area (TPSA) is 51.6 Å². The number of nitrogens with zero attached hydrogens (tertiary/aromatic N) is 1. The van der Waals surface area contributed by atoms with E-state index in [9.17, 15) is 5.11 Å². The number of aliphatic hydroxyl groups excluding tert-OH is 1. The molecule has 0 aliphatic carbocycles. The van der Waals surface area contributed by atoms with Crippen LogP contribution in [0.15, 0.2) is 24.3 Å². The van der Waals surface area contributed by atoms with Crippen molar-refractivity contribution >= 4 is 11.3 Å². The average molecular weight is 307 g/mol. The maximum atomic E-state index is 9.46. The van der Waals surface area contributed by atoms with Gasteiger partial charge in [0, 0.05) is 11.5 Å². The summed E-state index contributed by atoms with van der Waals surface area (Å²) in [6.45, 7) is 6.68. The molecule has 21 heavy (non-hydrogen) atoms. The third-order valence-electron chi connectivity index (χ3n) is 3.00. The van der Waals surface area contributed by atoms with Crippen LogP contribution in [0.2, 0.25) is 0 Å². The molecule has 1 aromatic heterocycles. The molecule has 1 heterocycles. The number of aliphatic hydroxyl groups is 1. The molecule has 0 spiro atoms. The van der Waals surface area contributed by atoms with Gasteiger partial charge in [-0.2, -0.15) is 0 Å². The summed E-state index contributed by atoms with van der Waals surface area (Å²) in [7, 11) is 1.63. The van der Waals surface area contributed by atoms with Crippen molar-refractivity contribution in [1.29, 1.82) is 0 Å². The van der Waals surface area contributed by atoms with E-state index in [4.69, 9.17) is 9.47 Å². The third-order valence-corrected chi connectivity index (χ3v) is 4.01. The van der Waals surface area contributed by atoms with E-state index in [1.807, 2.05) is 24.3 Å². The maximum Gasteiger partial charge on any atom is 0.140 e. The number of ether oxygens (including phenoxy) is 2. The van der Waals surface area contributed by atoms with Gasteiger partial charge >= 0.3 is 0 Å². The van der Waals surface area contributed by atoms with Gasteiger partial charge in [-0.25, -0.2) is 4.98 Å². The second kappa shape index (κ2) is 6.45. The van der Waals surface area contributed by atoms with Crippen molar-refractivity contribution in [3.05, 3.63) is 39.8 Å². The fourth-order valence-electron chi connectivity index (χ4n) is 1.99. The number of benzene rings is 1. The lowest BCUT2D eigenvalue weighted by atomic mass is 9.91.